The highest BCUT2D eigenvalue weighted by Crippen LogP contribution is 2.17. The highest BCUT2D eigenvalue weighted by atomic mass is 16.2. The topological polar surface area (TPSA) is 49.4 Å². The van der Waals surface area contributed by atoms with Gasteiger partial charge < -0.3 is 10.2 Å². The summed E-state index contributed by atoms with van der Waals surface area (Å²) in [6, 6.07) is 7.78. The predicted molar refractivity (Wildman–Crippen MR) is 92.3 cm³/mol. The van der Waals surface area contributed by atoms with Crippen LogP contribution in [0.1, 0.15) is 55.5 Å². The lowest BCUT2D eigenvalue weighted by atomic mass is 9.98. The summed E-state index contributed by atoms with van der Waals surface area (Å²) in [7, 11) is 0. The van der Waals surface area contributed by atoms with Crippen molar-refractivity contribution >= 4 is 11.8 Å². The Balaban J connectivity index is 1.83. The van der Waals surface area contributed by atoms with Crippen LogP contribution in [0.15, 0.2) is 24.3 Å². The van der Waals surface area contributed by atoms with E-state index in [1.165, 1.54) is 0 Å². The first-order valence-electron chi connectivity index (χ1n) is 8.71. The molecule has 0 unspecified atom stereocenters. The standard InChI is InChI=1S/C19H28N2O2/c1-4-15(5-2)19(23)21-12-10-17(11-13-21)20-18(22)16-8-6-14(3)7-9-16/h6-9,15,17H,4-5,10-13H2,1-3H3,(H,20,22). The van der Waals surface area contributed by atoms with Gasteiger partial charge in [-0.3, -0.25) is 9.59 Å². The molecule has 1 heterocycles. The second kappa shape index (κ2) is 8.14. The average Bonchev–Trinajstić information content (AvgIpc) is 2.57. The van der Waals surface area contributed by atoms with Crippen LogP contribution in [0.5, 0.6) is 0 Å². The van der Waals surface area contributed by atoms with Gasteiger partial charge in [0.25, 0.3) is 5.91 Å². The van der Waals surface area contributed by atoms with Gasteiger partial charge in [0.15, 0.2) is 0 Å². The van der Waals surface area contributed by atoms with Crippen LogP contribution in [0, 0.1) is 12.8 Å². The zero-order valence-corrected chi connectivity index (χ0v) is 14.5. The molecule has 23 heavy (non-hydrogen) atoms. The van der Waals surface area contributed by atoms with Crippen molar-refractivity contribution < 1.29 is 9.59 Å². The largest absolute Gasteiger partial charge is 0.349 e. The van der Waals surface area contributed by atoms with E-state index >= 15 is 0 Å². The first-order valence-corrected chi connectivity index (χ1v) is 8.71. The van der Waals surface area contributed by atoms with E-state index in [0.29, 0.717) is 5.56 Å². The van der Waals surface area contributed by atoms with Crippen LogP contribution in [0.2, 0.25) is 0 Å². The molecule has 0 aromatic heterocycles. The van der Waals surface area contributed by atoms with E-state index < -0.39 is 0 Å². The van der Waals surface area contributed by atoms with Crippen LogP contribution >= 0.6 is 0 Å². The number of hydrogen-bond donors (Lipinski definition) is 1. The first-order chi connectivity index (χ1) is 11.0. The Morgan fingerprint density at radius 2 is 1.70 bits per heavy atom. The molecule has 126 valence electrons. The predicted octanol–water partition coefficient (Wildman–Crippen LogP) is 3.15. The molecule has 2 rings (SSSR count). The molecule has 0 spiro atoms. The number of rotatable bonds is 5. The fraction of sp³-hybridized carbons (Fsp3) is 0.579. The third-order valence-corrected chi connectivity index (χ3v) is 4.79. The number of nitrogens with one attached hydrogen (secondary N) is 1. The Hall–Kier alpha value is -1.84. The Morgan fingerprint density at radius 3 is 2.22 bits per heavy atom. The maximum atomic E-state index is 12.4. The zero-order valence-electron chi connectivity index (χ0n) is 14.5. The SMILES string of the molecule is CCC(CC)C(=O)N1CCC(NC(=O)c2ccc(C)cc2)CC1. The Bertz CT molecular complexity index is 527. The van der Waals surface area contributed by atoms with Crippen LogP contribution in [0.4, 0.5) is 0 Å². The highest BCUT2D eigenvalue weighted by molar-refractivity contribution is 5.94. The molecule has 1 aromatic rings. The van der Waals surface area contributed by atoms with Crippen molar-refractivity contribution in [3.8, 4) is 0 Å². The summed E-state index contributed by atoms with van der Waals surface area (Å²) in [4.78, 5) is 26.6. The number of amides is 2. The van der Waals surface area contributed by atoms with Crippen molar-refractivity contribution in [1.29, 1.82) is 0 Å². The number of carbonyl (C=O) groups excluding carboxylic acids is 2. The lowest BCUT2D eigenvalue weighted by Crippen LogP contribution is -2.48. The Kier molecular flexibility index (Phi) is 6.20. The number of piperidine rings is 1. The number of aryl methyl sites for hydroxylation is 1. The minimum atomic E-state index is -0.0187. The lowest BCUT2D eigenvalue weighted by Gasteiger charge is -2.34. The molecule has 4 heteroatoms. The quantitative estimate of drug-likeness (QED) is 0.907. The molecule has 1 fully saturated rings. The summed E-state index contributed by atoms with van der Waals surface area (Å²) >= 11 is 0. The van der Waals surface area contributed by atoms with Crippen LogP contribution < -0.4 is 5.32 Å². The van der Waals surface area contributed by atoms with Crippen molar-refractivity contribution in [2.75, 3.05) is 13.1 Å². The molecule has 0 atom stereocenters. The summed E-state index contributed by atoms with van der Waals surface area (Å²) in [5, 5.41) is 3.09. The third-order valence-electron chi connectivity index (χ3n) is 4.79. The molecule has 1 aliphatic heterocycles. The molecule has 1 aliphatic rings. The van der Waals surface area contributed by atoms with Gasteiger partial charge in [0, 0.05) is 30.6 Å². The number of hydrogen-bond acceptors (Lipinski definition) is 2. The summed E-state index contributed by atoms with van der Waals surface area (Å²) in [5.74, 6) is 0.404. The third kappa shape index (κ3) is 4.57. The van der Waals surface area contributed by atoms with E-state index in [4.69, 9.17) is 0 Å². The van der Waals surface area contributed by atoms with Gasteiger partial charge in [-0.05, 0) is 44.7 Å². The fourth-order valence-corrected chi connectivity index (χ4v) is 3.11. The van der Waals surface area contributed by atoms with E-state index in [1.807, 2.05) is 36.1 Å². The monoisotopic (exact) mass is 316 g/mol. The molecule has 0 bridgehead atoms. The van der Waals surface area contributed by atoms with Gasteiger partial charge >= 0.3 is 0 Å². The zero-order chi connectivity index (χ0) is 16.8. The second-order valence-corrected chi connectivity index (χ2v) is 6.45. The first kappa shape index (κ1) is 17.5. The molecule has 0 aliphatic carbocycles. The van der Waals surface area contributed by atoms with Crippen LogP contribution in [0.3, 0.4) is 0 Å². The summed E-state index contributed by atoms with van der Waals surface area (Å²) in [6.45, 7) is 7.64. The van der Waals surface area contributed by atoms with Gasteiger partial charge in [0.1, 0.15) is 0 Å². The van der Waals surface area contributed by atoms with Crippen molar-refractivity contribution in [2.45, 2.75) is 52.5 Å². The van der Waals surface area contributed by atoms with Gasteiger partial charge in [-0.1, -0.05) is 31.5 Å². The molecule has 1 aromatic carbocycles. The maximum absolute atomic E-state index is 12.4. The van der Waals surface area contributed by atoms with Gasteiger partial charge in [-0.25, -0.2) is 0 Å². The van der Waals surface area contributed by atoms with Gasteiger partial charge in [0.05, 0.1) is 0 Å². The van der Waals surface area contributed by atoms with Crippen molar-refractivity contribution in [1.82, 2.24) is 10.2 Å². The number of carbonyl (C=O) groups is 2. The molecule has 0 saturated carbocycles. The van der Waals surface area contributed by atoms with Crippen LogP contribution in [0.25, 0.3) is 0 Å². The minimum Gasteiger partial charge on any atom is -0.349 e. The maximum Gasteiger partial charge on any atom is 0.251 e. The van der Waals surface area contributed by atoms with Gasteiger partial charge in [-0.15, -0.1) is 0 Å². The number of likely N-dealkylation sites (tertiary alicyclic amines) is 1. The summed E-state index contributed by atoms with van der Waals surface area (Å²) < 4.78 is 0. The molecular formula is C19H28N2O2. The summed E-state index contributed by atoms with van der Waals surface area (Å²) in [6.07, 6.45) is 3.48. The Labute approximate surface area is 139 Å². The van der Waals surface area contributed by atoms with E-state index in [0.717, 1.165) is 44.3 Å². The fourth-order valence-electron chi connectivity index (χ4n) is 3.11. The molecule has 0 radical (unpaired) electrons. The average molecular weight is 316 g/mol. The van der Waals surface area contributed by atoms with E-state index in [1.54, 1.807) is 0 Å². The van der Waals surface area contributed by atoms with E-state index in [-0.39, 0.29) is 23.8 Å². The van der Waals surface area contributed by atoms with E-state index in [9.17, 15) is 9.59 Å². The Morgan fingerprint density at radius 1 is 1.13 bits per heavy atom. The highest BCUT2D eigenvalue weighted by Gasteiger charge is 2.27. The summed E-state index contributed by atoms with van der Waals surface area (Å²) in [5.41, 5.74) is 1.85. The smallest absolute Gasteiger partial charge is 0.251 e. The second-order valence-electron chi connectivity index (χ2n) is 6.45. The number of benzene rings is 1. The minimum absolute atomic E-state index is 0.0187. The molecule has 2 amide bonds. The number of nitrogens with zero attached hydrogens (tertiary/aromatic N) is 1. The van der Waals surface area contributed by atoms with Gasteiger partial charge in [0.2, 0.25) is 5.91 Å². The van der Waals surface area contributed by atoms with Crippen LogP contribution in [-0.4, -0.2) is 35.8 Å². The van der Waals surface area contributed by atoms with Crippen molar-refractivity contribution in [3.05, 3.63) is 35.4 Å². The molecule has 1 N–H and O–H groups in total. The normalized spacial score (nSPS) is 15.7. The van der Waals surface area contributed by atoms with Crippen LogP contribution in [-0.2, 0) is 4.79 Å². The van der Waals surface area contributed by atoms with Gasteiger partial charge in [-0.2, -0.15) is 0 Å². The molecular weight excluding hydrogens is 288 g/mol. The molecule has 1 saturated heterocycles. The van der Waals surface area contributed by atoms with Crippen molar-refractivity contribution in [3.63, 3.8) is 0 Å². The lowest BCUT2D eigenvalue weighted by molar-refractivity contribution is -0.136. The van der Waals surface area contributed by atoms with Crippen molar-refractivity contribution in [2.24, 2.45) is 5.92 Å². The molecule has 4 nitrogen and oxygen atoms in total. The van der Waals surface area contributed by atoms with E-state index in [2.05, 4.69) is 19.2 Å².